The van der Waals surface area contributed by atoms with Crippen LogP contribution in [0.25, 0.3) is 6.08 Å². The van der Waals surface area contributed by atoms with Crippen molar-refractivity contribution >= 4 is 53.6 Å². The van der Waals surface area contributed by atoms with Gasteiger partial charge in [-0.2, -0.15) is 9.59 Å². The van der Waals surface area contributed by atoms with Gasteiger partial charge in [0.15, 0.2) is 0 Å². The van der Waals surface area contributed by atoms with Gasteiger partial charge < -0.3 is 30.3 Å². The molecule has 0 atom stereocenters. The molecule has 0 aliphatic heterocycles. The second-order valence-corrected chi connectivity index (χ2v) is 10.4. The van der Waals surface area contributed by atoms with E-state index in [1.807, 2.05) is 19.9 Å². The number of carbonyl (C=O) groups excluding carboxylic acids is 5. The molecule has 0 aromatic heterocycles. The highest BCUT2D eigenvalue weighted by molar-refractivity contribution is 6.06. The molecule has 0 spiro atoms. The first kappa shape index (κ1) is 44.3. The van der Waals surface area contributed by atoms with Crippen LogP contribution in [0.2, 0.25) is 0 Å². The van der Waals surface area contributed by atoms with E-state index < -0.39 is 17.8 Å². The maximum absolute atomic E-state index is 12.0. The Morgan fingerprint density at radius 1 is 0.704 bits per heavy atom. The van der Waals surface area contributed by atoms with Gasteiger partial charge in [-0.05, 0) is 91.2 Å². The lowest BCUT2D eigenvalue weighted by Crippen LogP contribution is -2.11. The summed E-state index contributed by atoms with van der Waals surface area (Å²) >= 11 is 0. The summed E-state index contributed by atoms with van der Waals surface area (Å²) in [7, 11) is 0. The zero-order valence-electron chi connectivity index (χ0n) is 29.5. The summed E-state index contributed by atoms with van der Waals surface area (Å²) in [5, 5.41) is 22.8. The fourth-order valence-corrected chi connectivity index (χ4v) is 4.18. The molecule has 0 aliphatic rings. The first-order valence-corrected chi connectivity index (χ1v) is 15.5. The van der Waals surface area contributed by atoms with Gasteiger partial charge in [-0.25, -0.2) is 9.59 Å². The Balaban J connectivity index is 0.000000424. The van der Waals surface area contributed by atoms with Crippen molar-refractivity contribution in [3.05, 3.63) is 124 Å². The molecule has 0 unspecified atom stereocenters. The molecule has 276 valence electrons. The number of nitrogens with one attached hydrogen (secondary N) is 2. The zero-order valence-corrected chi connectivity index (χ0v) is 29.5. The Kier molecular flexibility index (Phi) is 20.0. The van der Waals surface area contributed by atoms with Crippen molar-refractivity contribution in [2.24, 2.45) is 0 Å². The van der Waals surface area contributed by atoms with E-state index >= 15 is 0 Å². The molecule has 0 aliphatic carbocycles. The molecule has 2 amide bonds. The molecule has 4 rings (SSSR count). The lowest BCUT2D eigenvalue weighted by molar-refractivity contribution is -0.191. The third-order valence-electron chi connectivity index (χ3n) is 6.47. The number of carbonyl (C=O) groups is 5. The zero-order chi connectivity index (χ0) is 40.5. The molecule has 0 saturated heterocycles. The van der Waals surface area contributed by atoms with Gasteiger partial charge in [0.1, 0.15) is 31.0 Å². The van der Waals surface area contributed by atoms with Crippen LogP contribution >= 0.6 is 0 Å². The Labute approximate surface area is 311 Å². The SMILES string of the molecule is C#CCOc1ccc(/C=C/C(=O)Nc2ccccc2C(=O)O)cc1C.C#CCOc1ccc(C=O)cc1C.CC(=O)Nc1ccccc1C(=O)O.O=C=O. The minimum absolute atomic E-state index is 0.0371. The second-order valence-electron chi connectivity index (χ2n) is 10.4. The predicted octanol–water partition coefficient (Wildman–Crippen LogP) is 5.94. The summed E-state index contributed by atoms with van der Waals surface area (Å²) in [6.45, 7) is 5.53. The van der Waals surface area contributed by atoms with Crippen molar-refractivity contribution in [3.8, 4) is 36.2 Å². The van der Waals surface area contributed by atoms with E-state index in [0.29, 0.717) is 17.0 Å². The maximum atomic E-state index is 12.0. The minimum Gasteiger partial charge on any atom is -0.481 e. The first-order chi connectivity index (χ1) is 25.8. The lowest BCUT2D eigenvalue weighted by atomic mass is 10.1. The van der Waals surface area contributed by atoms with E-state index in [4.69, 9.17) is 42.1 Å². The Hall–Kier alpha value is -7.73. The molecule has 0 saturated carbocycles. The Bertz CT molecular complexity index is 2080. The van der Waals surface area contributed by atoms with Crippen LogP contribution in [0.3, 0.4) is 0 Å². The number of carboxylic acid groups (broad SMARTS) is 2. The summed E-state index contributed by atoms with van der Waals surface area (Å²) in [5.74, 6) is 3.35. The molecule has 4 aromatic carbocycles. The lowest BCUT2D eigenvalue weighted by Gasteiger charge is -2.07. The molecule has 0 radical (unpaired) electrons. The number of hydrogen-bond acceptors (Lipinski definition) is 9. The number of ether oxygens (including phenoxy) is 2. The minimum atomic E-state index is -1.10. The van der Waals surface area contributed by atoms with E-state index in [-0.39, 0.29) is 42.1 Å². The highest BCUT2D eigenvalue weighted by Gasteiger charge is 2.11. The Morgan fingerprint density at radius 2 is 1.13 bits per heavy atom. The fraction of sp³-hybridized carbons (Fsp3) is 0.122. The highest BCUT2D eigenvalue weighted by atomic mass is 16.5. The van der Waals surface area contributed by atoms with Gasteiger partial charge in [0.2, 0.25) is 11.8 Å². The van der Waals surface area contributed by atoms with Crippen molar-refractivity contribution in [1.82, 2.24) is 0 Å². The third kappa shape index (κ3) is 16.3. The first-order valence-electron chi connectivity index (χ1n) is 15.5. The average molecular weight is 733 g/mol. The van der Waals surface area contributed by atoms with Crippen molar-refractivity contribution in [1.29, 1.82) is 0 Å². The normalized spacial score (nSPS) is 9.28. The summed E-state index contributed by atoms with van der Waals surface area (Å²) in [6.07, 6.45) is 14.2. The molecule has 0 bridgehead atoms. The monoisotopic (exact) mass is 732 g/mol. The van der Waals surface area contributed by atoms with E-state index in [1.54, 1.807) is 66.7 Å². The van der Waals surface area contributed by atoms with Gasteiger partial charge in [-0.3, -0.25) is 14.4 Å². The predicted molar refractivity (Wildman–Crippen MR) is 200 cm³/mol. The molecular weight excluding hydrogens is 696 g/mol. The van der Waals surface area contributed by atoms with Crippen LogP contribution in [0, 0.1) is 38.5 Å². The van der Waals surface area contributed by atoms with Crippen LogP contribution in [0.4, 0.5) is 11.4 Å². The van der Waals surface area contributed by atoms with Crippen molar-refractivity contribution < 1.29 is 53.2 Å². The maximum Gasteiger partial charge on any atom is 0.373 e. The number of benzene rings is 4. The van der Waals surface area contributed by atoms with Crippen molar-refractivity contribution in [2.75, 3.05) is 23.8 Å². The van der Waals surface area contributed by atoms with Gasteiger partial charge in [-0.15, -0.1) is 12.8 Å². The molecule has 0 fully saturated rings. The number of aldehydes is 1. The number of carboxylic acids is 2. The summed E-state index contributed by atoms with van der Waals surface area (Å²) < 4.78 is 10.6. The van der Waals surface area contributed by atoms with Crippen LogP contribution in [-0.4, -0.2) is 59.6 Å². The van der Waals surface area contributed by atoms with Gasteiger partial charge in [0.05, 0.1) is 22.5 Å². The van der Waals surface area contributed by atoms with Crippen LogP contribution < -0.4 is 20.1 Å². The summed E-state index contributed by atoms with van der Waals surface area (Å²) in [5.41, 5.74) is 3.97. The number of amides is 2. The van der Waals surface area contributed by atoms with Gasteiger partial charge in [0.25, 0.3) is 0 Å². The number of rotatable bonds is 11. The molecule has 13 heteroatoms. The van der Waals surface area contributed by atoms with Crippen LogP contribution in [-0.2, 0) is 19.2 Å². The number of anilines is 2. The molecule has 4 N–H and O–H groups in total. The molecule has 4 aromatic rings. The number of aromatic carboxylic acids is 2. The molecule has 54 heavy (non-hydrogen) atoms. The van der Waals surface area contributed by atoms with Crippen molar-refractivity contribution in [3.63, 3.8) is 0 Å². The molecule has 0 heterocycles. The van der Waals surface area contributed by atoms with E-state index in [1.165, 1.54) is 31.2 Å². The fourth-order valence-electron chi connectivity index (χ4n) is 4.18. The van der Waals surface area contributed by atoms with E-state index in [9.17, 15) is 24.0 Å². The van der Waals surface area contributed by atoms with Gasteiger partial charge in [-0.1, -0.05) is 42.2 Å². The highest BCUT2D eigenvalue weighted by Crippen LogP contribution is 2.21. The number of para-hydroxylation sites is 2. The van der Waals surface area contributed by atoms with Crippen molar-refractivity contribution in [2.45, 2.75) is 20.8 Å². The van der Waals surface area contributed by atoms with Crippen LogP contribution in [0.5, 0.6) is 11.5 Å². The van der Waals surface area contributed by atoms with E-state index in [2.05, 4.69) is 22.5 Å². The van der Waals surface area contributed by atoms with E-state index in [0.717, 1.165) is 28.7 Å². The van der Waals surface area contributed by atoms with Crippen LogP contribution in [0.15, 0.2) is 91.0 Å². The topological polar surface area (TPSA) is 202 Å². The third-order valence-corrected chi connectivity index (χ3v) is 6.47. The number of hydrogen-bond donors (Lipinski definition) is 4. The largest absolute Gasteiger partial charge is 0.481 e. The Morgan fingerprint density at radius 3 is 1.54 bits per heavy atom. The smallest absolute Gasteiger partial charge is 0.373 e. The molecular formula is C41H36N2O11. The van der Waals surface area contributed by atoms with Gasteiger partial charge >= 0.3 is 18.1 Å². The van der Waals surface area contributed by atoms with Crippen LogP contribution in [0.1, 0.15) is 54.7 Å². The van der Waals surface area contributed by atoms with Gasteiger partial charge in [0, 0.05) is 18.6 Å². The standard InChI is InChI=1S/C20H17NO4.C11H10O2.C9H9NO3.CO2/c1-3-12-25-18-10-8-15(13-14(18)2)9-11-19(22)21-17-7-5-4-6-16(17)20(23)24;1-3-6-13-11-5-4-10(8-12)7-9(11)2;1-6(11)10-8-5-3-2-4-7(8)9(12)13;2-1-3/h1,4-11,13H,12H2,2H3,(H,21,22)(H,23,24);1,4-5,7-8H,6H2,2H3;2-5H,1H3,(H,10,11)(H,12,13);/b11-9+;;;. The average Bonchev–Trinajstić information content (AvgIpc) is 3.14. The second kappa shape index (κ2) is 24.4. The number of aryl methyl sites for hydroxylation is 2. The quantitative estimate of drug-likeness (QED) is 0.0808. The summed E-state index contributed by atoms with van der Waals surface area (Å²) in [4.78, 5) is 71.1. The molecule has 13 nitrogen and oxygen atoms in total. The number of terminal acetylenes is 2. The summed E-state index contributed by atoms with van der Waals surface area (Å²) in [6, 6.07) is 23.1.